The Labute approximate surface area is 134 Å². The number of rotatable bonds is 4. The van der Waals surface area contributed by atoms with Crippen LogP contribution in [0, 0.1) is 17.7 Å². The van der Waals surface area contributed by atoms with E-state index in [1.165, 1.54) is 18.6 Å². The first kappa shape index (κ1) is 16.4. The monoisotopic (exact) mass is 356 g/mol. The van der Waals surface area contributed by atoms with Gasteiger partial charge in [0.1, 0.15) is 5.82 Å². The summed E-state index contributed by atoms with van der Waals surface area (Å²) in [6.07, 6.45) is 1.28. The quantitative estimate of drug-likeness (QED) is 0.897. The average molecular weight is 357 g/mol. The minimum atomic E-state index is -0.401. The van der Waals surface area contributed by atoms with Gasteiger partial charge in [-0.25, -0.2) is 4.39 Å². The Morgan fingerprint density at radius 3 is 2.71 bits per heavy atom. The number of hydrogen-bond donors (Lipinski definition) is 1. The van der Waals surface area contributed by atoms with Crippen LogP contribution in [0.3, 0.4) is 0 Å². The van der Waals surface area contributed by atoms with Crippen molar-refractivity contribution in [2.24, 2.45) is 11.8 Å². The molecular weight excluding hydrogens is 335 g/mol. The maximum atomic E-state index is 13.2. The third-order valence-electron chi connectivity index (χ3n) is 3.83. The maximum absolute atomic E-state index is 13.2. The summed E-state index contributed by atoms with van der Waals surface area (Å²) >= 11 is 3.28. The van der Waals surface area contributed by atoms with Gasteiger partial charge in [0.25, 0.3) is 5.91 Å². The SMILES string of the molecule is C[C@H]1C[C@H](C)CN(CCNC(=O)c2cc(F)ccc2Br)C1. The van der Waals surface area contributed by atoms with Crippen molar-refractivity contribution in [3.8, 4) is 0 Å². The number of halogens is 2. The fourth-order valence-corrected chi connectivity index (χ4v) is 3.50. The smallest absolute Gasteiger partial charge is 0.252 e. The molecule has 0 unspecified atom stereocenters. The van der Waals surface area contributed by atoms with E-state index in [0.717, 1.165) is 19.6 Å². The lowest BCUT2D eigenvalue weighted by Gasteiger charge is -2.34. The molecule has 1 saturated heterocycles. The van der Waals surface area contributed by atoms with E-state index < -0.39 is 5.82 Å². The lowest BCUT2D eigenvalue weighted by atomic mass is 9.92. The van der Waals surface area contributed by atoms with Crippen LogP contribution in [0.15, 0.2) is 22.7 Å². The van der Waals surface area contributed by atoms with Crippen molar-refractivity contribution in [1.29, 1.82) is 0 Å². The molecule has 1 aromatic carbocycles. The Kier molecular flexibility index (Phi) is 5.76. The van der Waals surface area contributed by atoms with Crippen molar-refractivity contribution in [2.75, 3.05) is 26.2 Å². The van der Waals surface area contributed by atoms with Gasteiger partial charge in [-0.1, -0.05) is 13.8 Å². The third-order valence-corrected chi connectivity index (χ3v) is 4.52. The molecule has 2 rings (SSSR count). The Bertz CT molecular complexity index is 499. The van der Waals surface area contributed by atoms with Crippen molar-refractivity contribution in [3.05, 3.63) is 34.1 Å². The van der Waals surface area contributed by atoms with E-state index in [1.807, 2.05) is 0 Å². The fourth-order valence-electron chi connectivity index (χ4n) is 3.07. The molecule has 0 aromatic heterocycles. The molecule has 1 aliphatic rings. The number of benzene rings is 1. The van der Waals surface area contributed by atoms with Gasteiger partial charge in [0.05, 0.1) is 5.56 Å². The van der Waals surface area contributed by atoms with E-state index in [2.05, 4.69) is 40.0 Å². The highest BCUT2D eigenvalue weighted by Crippen LogP contribution is 2.20. The Hall–Kier alpha value is -0.940. The zero-order valence-corrected chi connectivity index (χ0v) is 14.1. The molecule has 1 N–H and O–H groups in total. The molecule has 116 valence electrons. The predicted molar refractivity (Wildman–Crippen MR) is 85.8 cm³/mol. The summed E-state index contributed by atoms with van der Waals surface area (Å²) in [7, 11) is 0. The van der Waals surface area contributed by atoms with Crippen LogP contribution in [0.25, 0.3) is 0 Å². The molecule has 2 atom stereocenters. The highest BCUT2D eigenvalue weighted by Gasteiger charge is 2.21. The molecule has 21 heavy (non-hydrogen) atoms. The summed E-state index contributed by atoms with van der Waals surface area (Å²) in [5.74, 6) is 0.783. The first-order valence-electron chi connectivity index (χ1n) is 7.41. The average Bonchev–Trinajstić information content (AvgIpc) is 2.40. The van der Waals surface area contributed by atoms with Crippen LogP contribution in [0.4, 0.5) is 4.39 Å². The molecule has 5 heteroatoms. The number of amides is 1. The summed E-state index contributed by atoms with van der Waals surface area (Å²) in [5, 5.41) is 2.87. The standard InChI is InChI=1S/C16H22BrFN2O/c1-11-7-12(2)10-20(9-11)6-5-19-16(21)14-8-13(18)3-4-15(14)17/h3-4,8,11-12H,5-7,9-10H2,1-2H3,(H,19,21)/t11-,12-/m0/s1. The lowest BCUT2D eigenvalue weighted by molar-refractivity contribution is 0.0935. The Balaban J connectivity index is 1.83. The molecule has 1 heterocycles. The van der Waals surface area contributed by atoms with Gasteiger partial charge in [-0.2, -0.15) is 0 Å². The van der Waals surface area contributed by atoms with E-state index in [9.17, 15) is 9.18 Å². The number of carbonyl (C=O) groups excluding carboxylic acids is 1. The van der Waals surface area contributed by atoms with Gasteiger partial charge >= 0.3 is 0 Å². The second-order valence-electron chi connectivity index (χ2n) is 6.09. The van der Waals surface area contributed by atoms with Crippen LogP contribution >= 0.6 is 15.9 Å². The van der Waals surface area contributed by atoms with Crippen LogP contribution in [-0.2, 0) is 0 Å². The Morgan fingerprint density at radius 1 is 1.38 bits per heavy atom. The molecule has 0 aliphatic carbocycles. The summed E-state index contributed by atoms with van der Waals surface area (Å²) in [6.45, 7) is 8.14. The van der Waals surface area contributed by atoms with E-state index >= 15 is 0 Å². The largest absolute Gasteiger partial charge is 0.351 e. The minimum Gasteiger partial charge on any atom is -0.351 e. The van der Waals surface area contributed by atoms with Gasteiger partial charge in [-0.3, -0.25) is 4.79 Å². The summed E-state index contributed by atoms with van der Waals surface area (Å²) in [6, 6.07) is 4.14. The molecule has 0 saturated carbocycles. The van der Waals surface area contributed by atoms with Crippen molar-refractivity contribution in [3.63, 3.8) is 0 Å². The summed E-state index contributed by atoms with van der Waals surface area (Å²) in [5.41, 5.74) is 0.343. The highest BCUT2D eigenvalue weighted by molar-refractivity contribution is 9.10. The van der Waals surface area contributed by atoms with Crippen molar-refractivity contribution in [2.45, 2.75) is 20.3 Å². The zero-order valence-electron chi connectivity index (χ0n) is 12.5. The van der Waals surface area contributed by atoms with E-state index in [1.54, 1.807) is 6.07 Å². The number of likely N-dealkylation sites (tertiary alicyclic amines) is 1. The third kappa shape index (κ3) is 4.78. The number of nitrogens with one attached hydrogen (secondary N) is 1. The molecule has 1 fully saturated rings. The van der Waals surface area contributed by atoms with Crippen molar-refractivity contribution >= 4 is 21.8 Å². The second-order valence-corrected chi connectivity index (χ2v) is 6.94. The fraction of sp³-hybridized carbons (Fsp3) is 0.562. The second kappa shape index (κ2) is 7.36. The van der Waals surface area contributed by atoms with Gasteiger partial charge < -0.3 is 10.2 Å². The lowest BCUT2D eigenvalue weighted by Crippen LogP contribution is -2.42. The van der Waals surface area contributed by atoms with Gasteiger partial charge in [0, 0.05) is 30.7 Å². The molecule has 0 spiro atoms. The molecule has 1 aromatic rings. The molecule has 0 bridgehead atoms. The Morgan fingerprint density at radius 2 is 2.05 bits per heavy atom. The normalized spacial score (nSPS) is 23.0. The van der Waals surface area contributed by atoms with Crippen LogP contribution in [0.1, 0.15) is 30.6 Å². The topological polar surface area (TPSA) is 32.3 Å². The summed E-state index contributed by atoms with van der Waals surface area (Å²) in [4.78, 5) is 14.5. The van der Waals surface area contributed by atoms with Crippen LogP contribution in [-0.4, -0.2) is 37.0 Å². The van der Waals surface area contributed by atoms with Crippen molar-refractivity contribution < 1.29 is 9.18 Å². The maximum Gasteiger partial charge on any atom is 0.252 e. The molecule has 1 aliphatic heterocycles. The van der Waals surface area contributed by atoms with Gasteiger partial charge in [-0.05, 0) is 52.4 Å². The molecular formula is C16H22BrFN2O. The zero-order chi connectivity index (χ0) is 15.4. The first-order chi connectivity index (χ1) is 9.95. The van der Waals surface area contributed by atoms with E-state index in [0.29, 0.717) is 28.4 Å². The summed E-state index contributed by atoms with van der Waals surface area (Å²) < 4.78 is 13.8. The first-order valence-corrected chi connectivity index (χ1v) is 8.20. The number of piperidine rings is 1. The molecule has 3 nitrogen and oxygen atoms in total. The number of hydrogen-bond acceptors (Lipinski definition) is 2. The van der Waals surface area contributed by atoms with Crippen molar-refractivity contribution in [1.82, 2.24) is 10.2 Å². The van der Waals surface area contributed by atoms with E-state index in [4.69, 9.17) is 0 Å². The highest BCUT2D eigenvalue weighted by atomic mass is 79.9. The molecule has 1 amide bonds. The number of carbonyl (C=O) groups is 1. The number of nitrogens with zero attached hydrogens (tertiary/aromatic N) is 1. The predicted octanol–water partition coefficient (Wildman–Crippen LogP) is 3.30. The van der Waals surface area contributed by atoms with Gasteiger partial charge in [-0.15, -0.1) is 0 Å². The van der Waals surface area contributed by atoms with Gasteiger partial charge in [0.2, 0.25) is 0 Å². The van der Waals surface area contributed by atoms with Crippen LogP contribution < -0.4 is 5.32 Å². The minimum absolute atomic E-state index is 0.237. The molecule has 0 radical (unpaired) electrons. The van der Waals surface area contributed by atoms with Gasteiger partial charge in [0.15, 0.2) is 0 Å². The van der Waals surface area contributed by atoms with Crippen LogP contribution in [0.2, 0.25) is 0 Å². The van der Waals surface area contributed by atoms with E-state index in [-0.39, 0.29) is 5.91 Å². The van der Waals surface area contributed by atoms with Crippen LogP contribution in [0.5, 0.6) is 0 Å².